The summed E-state index contributed by atoms with van der Waals surface area (Å²) in [7, 11) is 0. The molecule has 0 saturated heterocycles. The standard InChI is InChI=1S/C23H24ClNO4/c1-14-6-9-19(24)13-20(14)25-23(28)15(2)29-22(27)11-10-21(26)18-8-7-16-4-3-5-17(16)12-18/h6-9,12-13,15H,3-5,10-11H2,1-2H3,(H,25,28)/t15-/m0/s1. The molecule has 0 saturated carbocycles. The van der Waals surface area contributed by atoms with Gasteiger partial charge in [-0.2, -0.15) is 0 Å². The summed E-state index contributed by atoms with van der Waals surface area (Å²) in [5, 5.41) is 3.20. The number of halogens is 1. The molecule has 3 rings (SSSR count). The number of carbonyl (C=O) groups excluding carboxylic acids is 3. The van der Waals surface area contributed by atoms with Crippen molar-refractivity contribution < 1.29 is 19.1 Å². The van der Waals surface area contributed by atoms with Crippen molar-refractivity contribution in [3.8, 4) is 0 Å². The van der Waals surface area contributed by atoms with Gasteiger partial charge in [-0.05, 0) is 68.0 Å². The predicted molar refractivity (Wildman–Crippen MR) is 112 cm³/mol. The molecule has 1 aliphatic rings. The first kappa shape index (κ1) is 21.1. The number of ketones is 1. The van der Waals surface area contributed by atoms with Gasteiger partial charge in [0, 0.05) is 22.7 Å². The lowest BCUT2D eigenvalue weighted by atomic mass is 10.0. The molecule has 1 atom stereocenters. The van der Waals surface area contributed by atoms with E-state index >= 15 is 0 Å². The average molecular weight is 414 g/mol. The van der Waals surface area contributed by atoms with Crippen LogP contribution in [0, 0.1) is 6.92 Å². The highest BCUT2D eigenvalue weighted by Crippen LogP contribution is 2.24. The van der Waals surface area contributed by atoms with Crippen molar-refractivity contribution in [3.63, 3.8) is 0 Å². The number of benzene rings is 2. The molecule has 0 unspecified atom stereocenters. The molecule has 5 nitrogen and oxygen atoms in total. The summed E-state index contributed by atoms with van der Waals surface area (Å²) in [5.41, 5.74) is 4.56. The number of esters is 1. The molecular weight excluding hydrogens is 390 g/mol. The van der Waals surface area contributed by atoms with Gasteiger partial charge in [0.15, 0.2) is 11.9 Å². The third-order valence-electron chi connectivity index (χ3n) is 5.11. The zero-order chi connectivity index (χ0) is 21.0. The van der Waals surface area contributed by atoms with Crippen molar-refractivity contribution in [1.29, 1.82) is 0 Å². The molecule has 0 aliphatic heterocycles. The number of hydrogen-bond donors (Lipinski definition) is 1. The van der Waals surface area contributed by atoms with Crippen LogP contribution in [0.2, 0.25) is 5.02 Å². The number of amides is 1. The monoisotopic (exact) mass is 413 g/mol. The normalized spacial score (nSPS) is 13.5. The molecule has 152 valence electrons. The van der Waals surface area contributed by atoms with E-state index in [9.17, 15) is 14.4 Å². The summed E-state index contributed by atoms with van der Waals surface area (Å²) in [6, 6.07) is 10.9. The molecule has 2 aromatic rings. The van der Waals surface area contributed by atoms with E-state index in [2.05, 4.69) is 5.32 Å². The highest BCUT2D eigenvalue weighted by Gasteiger charge is 2.20. The Morgan fingerprint density at radius 1 is 1.07 bits per heavy atom. The molecule has 2 aromatic carbocycles. The van der Waals surface area contributed by atoms with E-state index < -0.39 is 18.0 Å². The van der Waals surface area contributed by atoms with Crippen molar-refractivity contribution in [2.75, 3.05) is 5.32 Å². The fourth-order valence-electron chi connectivity index (χ4n) is 3.38. The zero-order valence-corrected chi connectivity index (χ0v) is 17.3. The first-order valence-corrected chi connectivity index (χ1v) is 10.1. The molecule has 0 fully saturated rings. The van der Waals surface area contributed by atoms with Gasteiger partial charge in [-0.3, -0.25) is 14.4 Å². The van der Waals surface area contributed by atoms with Crippen LogP contribution in [0.5, 0.6) is 0 Å². The number of anilines is 1. The van der Waals surface area contributed by atoms with Gasteiger partial charge >= 0.3 is 5.97 Å². The minimum atomic E-state index is -0.976. The molecule has 0 aromatic heterocycles. The Hall–Kier alpha value is -2.66. The summed E-state index contributed by atoms with van der Waals surface area (Å²) >= 11 is 5.95. The number of Topliss-reactive ketones (excluding diaryl/α,β-unsaturated/α-hetero) is 1. The minimum Gasteiger partial charge on any atom is -0.453 e. The number of ether oxygens (including phenoxy) is 1. The van der Waals surface area contributed by atoms with Gasteiger partial charge in [-0.15, -0.1) is 0 Å². The van der Waals surface area contributed by atoms with Gasteiger partial charge in [-0.1, -0.05) is 29.8 Å². The highest BCUT2D eigenvalue weighted by molar-refractivity contribution is 6.31. The topological polar surface area (TPSA) is 72.5 Å². The first-order valence-electron chi connectivity index (χ1n) is 9.75. The molecule has 1 N–H and O–H groups in total. The Kier molecular flexibility index (Phi) is 6.70. The molecule has 6 heteroatoms. The van der Waals surface area contributed by atoms with E-state index in [1.54, 1.807) is 18.2 Å². The fraction of sp³-hybridized carbons (Fsp3) is 0.348. The summed E-state index contributed by atoms with van der Waals surface area (Å²) in [6.45, 7) is 3.34. The number of rotatable bonds is 7. The van der Waals surface area contributed by atoms with Crippen LogP contribution in [0.1, 0.15) is 53.2 Å². The number of hydrogen-bond acceptors (Lipinski definition) is 4. The number of nitrogens with one attached hydrogen (secondary N) is 1. The van der Waals surface area contributed by atoms with Crippen LogP contribution in [0.3, 0.4) is 0 Å². The van der Waals surface area contributed by atoms with Crippen molar-refractivity contribution in [2.45, 2.75) is 52.1 Å². The molecule has 1 amide bonds. The second-order valence-corrected chi connectivity index (χ2v) is 7.78. The molecule has 1 aliphatic carbocycles. The Morgan fingerprint density at radius 2 is 1.83 bits per heavy atom. The fourth-order valence-corrected chi connectivity index (χ4v) is 3.55. The van der Waals surface area contributed by atoms with Crippen LogP contribution in [-0.2, 0) is 27.2 Å². The highest BCUT2D eigenvalue weighted by atomic mass is 35.5. The number of carbonyl (C=O) groups is 3. The van der Waals surface area contributed by atoms with Gasteiger partial charge in [0.05, 0.1) is 6.42 Å². The third-order valence-corrected chi connectivity index (χ3v) is 5.35. The Bertz CT molecular complexity index is 954. The molecule has 0 spiro atoms. The number of fused-ring (bicyclic) bond motifs is 1. The van der Waals surface area contributed by atoms with E-state index in [1.807, 2.05) is 25.1 Å². The van der Waals surface area contributed by atoms with Gasteiger partial charge in [0.1, 0.15) is 0 Å². The maximum absolute atomic E-state index is 12.4. The Balaban J connectivity index is 1.49. The van der Waals surface area contributed by atoms with E-state index in [1.165, 1.54) is 18.1 Å². The van der Waals surface area contributed by atoms with Crippen LogP contribution in [0.4, 0.5) is 5.69 Å². The lowest BCUT2D eigenvalue weighted by molar-refractivity contribution is -0.153. The lowest BCUT2D eigenvalue weighted by Gasteiger charge is -2.15. The van der Waals surface area contributed by atoms with Crippen LogP contribution in [0.25, 0.3) is 0 Å². The van der Waals surface area contributed by atoms with Crippen LogP contribution >= 0.6 is 11.6 Å². The van der Waals surface area contributed by atoms with Gasteiger partial charge in [0.25, 0.3) is 5.91 Å². The summed E-state index contributed by atoms with van der Waals surface area (Å²) in [4.78, 5) is 36.7. The Labute approximate surface area is 175 Å². The zero-order valence-electron chi connectivity index (χ0n) is 16.6. The van der Waals surface area contributed by atoms with E-state index in [-0.39, 0.29) is 18.6 Å². The maximum Gasteiger partial charge on any atom is 0.307 e. The molecule has 0 radical (unpaired) electrons. The summed E-state index contributed by atoms with van der Waals surface area (Å²) in [6.07, 6.45) is 2.19. The third kappa shape index (κ3) is 5.45. The average Bonchev–Trinajstić information content (AvgIpc) is 3.16. The quantitative estimate of drug-likeness (QED) is 0.528. The summed E-state index contributed by atoms with van der Waals surface area (Å²) < 4.78 is 5.18. The Morgan fingerprint density at radius 3 is 2.62 bits per heavy atom. The minimum absolute atomic E-state index is 0.0549. The van der Waals surface area contributed by atoms with Crippen LogP contribution in [0.15, 0.2) is 36.4 Å². The molecule has 0 bridgehead atoms. The number of aryl methyl sites for hydroxylation is 3. The van der Waals surface area contributed by atoms with E-state index in [0.29, 0.717) is 16.3 Å². The second-order valence-electron chi connectivity index (χ2n) is 7.34. The van der Waals surface area contributed by atoms with Crippen LogP contribution in [-0.4, -0.2) is 23.8 Å². The van der Waals surface area contributed by atoms with Crippen molar-refractivity contribution in [2.24, 2.45) is 0 Å². The smallest absolute Gasteiger partial charge is 0.307 e. The summed E-state index contributed by atoms with van der Waals surface area (Å²) in [5.74, 6) is -1.12. The largest absolute Gasteiger partial charge is 0.453 e. The molecular formula is C23H24ClNO4. The van der Waals surface area contributed by atoms with Gasteiger partial charge in [0.2, 0.25) is 0 Å². The molecule has 29 heavy (non-hydrogen) atoms. The van der Waals surface area contributed by atoms with Gasteiger partial charge in [-0.25, -0.2) is 0 Å². The predicted octanol–water partition coefficient (Wildman–Crippen LogP) is 4.67. The first-order chi connectivity index (χ1) is 13.8. The van der Waals surface area contributed by atoms with E-state index in [0.717, 1.165) is 24.8 Å². The van der Waals surface area contributed by atoms with Crippen LogP contribution < -0.4 is 5.32 Å². The van der Waals surface area contributed by atoms with Crippen molar-refractivity contribution >= 4 is 34.9 Å². The second kappa shape index (κ2) is 9.23. The maximum atomic E-state index is 12.4. The van der Waals surface area contributed by atoms with Crippen molar-refractivity contribution in [3.05, 3.63) is 63.7 Å². The van der Waals surface area contributed by atoms with Gasteiger partial charge < -0.3 is 10.1 Å². The van der Waals surface area contributed by atoms with E-state index in [4.69, 9.17) is 16.3 Å². The van der Waals surface area contributed by atoms with Crippen molar-refractivity contribution in [1.82, 2.24) is 0 Å². The molecule has 0 heterocycles. The SMILES string of the molecule is Cc1ccc(Cl)cc1NC(=O)[C@H](C)OC(=O)CCC(=O)c1ccc2c(c1)CCC2. The lowest BCUT2D eigenvalue weighted by Crippen LogP contribution is -2.30.